The minimum Gasteiger partial charge on any atom is -0.491 e. The minimum atomic E-state index is -4.47. The Labute approximate surface area is 276 Å². The number of ether oxygens (including phenoxy) is 1. The summed E-state index contributed by atoms with van der Waals surface area (Å²) in [6.07, 6.45) is 4.61. The number of aliphatic carboxylic acids is 1. The maximum Gasteiger partial charge on any atom is 0.416 e. The predicted octanol–water partition coefficient (Wildman–Crippen LogP) is 9.62. The Bertz CT molecular complexity index is 1180. The molecule has 11 heteroatoms. The van der Waals surface area contributed by atoms with Gasteiger partial charge in [-0.3, -0.25) is 4.79 Å². The summed E-state index contributed by atoms with van der Waals surface area (Å²) in [6, 6.07) is 4.87. The quantitative estimate of drug-likeness (QED) is 0.109. The Balaban J connectivity index is 2.40. The van der Waals surface area contributed by atoms with Crippen LogP contribution >= 0.6 is 0 Å². The Hall–Kier alpha value is -1.93. The molecule has 1 aliphatic carbocycles. The van der Waals surface area contributed by atoms with Crippen molar-refractivity contribution >= 4 is 22.6 Å². The molecule has 0 amide bonds. The summed E-state index contributed by atoms with van der Waals surface area (Å²) in [5, 5.41) is 20.0. The molecule has 46 heavy (non-hydrogen) atoms. The first-order valence-electron chi connectivity index (χ1n) is 16.3. The summed E-state index contributed by atoms with van der Waals surface area (Å²) in [5.41, 5.74) is -0.771. The summed E-state index contributed by atoms with van der Waals surface area (Å²) in [5.74, 6) is -0.957. The Kier molecular flexibility index (Phi) is 14.0. The molecule has 1 aliphatic rings. The summed E-state index contributed by atoms with van der Waals surface area (Å²) in [7, 11) is -4.50. The summed E-state index contributed by atoms with van der Waals surface area (Å²) in [6.45, 7) is 21.6. The van der Waals surface area contributed by atoms with Gasteiger partial charge in [0, 0.05) is 12.3 Å². The molecular formula is C35H57F3O6Si2. The molecule has 6 nitrogen and oxygen atoms in total. The van der Waals surface area contributed by atoms with Gasteiger partial charge in [0.15, 0.2) is 16.6 Å². The van der Waals surface area contributed by atoms with E-state index < -0.39 is 46.6 Å². The van der Waals surface area contributed by atoms with Gasteiger partial charge in [-0.05, 0) is 86.1 Å². The van der Waals surface area contributed by atoms with Gasteiger partial charge in [-0.1, -0.05) is 71.9 Å². The van der Waals surface area contributed by atoms with Crippen LogP contribution in [-0.2, 0) is 19.8 Å². The normalized spacial score (nSPS) is 22.6. The zero-order valence-electron chi connectivity index (χ0n) is 29.4. The average Bonchev–Trinajstić information content (AvgIpc) is 3.18. The van der Waals surface area contributed by atoms with Crippen molar-refractivity contribution in [2.45, 2.75) is 134 Å². The van der Waals surface area contributed by atoms with Crippen molar-refractivity contribution in [1.29, 1.82) is 0 Å². The number of rotatable bonds is 15. The smallest absolute Gasteiger partial charge is 0.416 e. The largest absolute Gasteiger partial charge is 0.491 e. The van der Waals surface area contributed by atoms with Crippen LogP contribution in [0.1, 0.15) is 79.2 Å². The van der Waals surface area contributed by atoms with E-state index in [2.05, 4.69) is 73.8 Å². The van der Waals surface area contributed by atoms with Gasteiger partial charge in [-0.15, -0.1) is 0 Å². The van der Waals surface area contributed by atoms with Crippen LogP contribution < -0.4 is 4.74 Å². The second-order valence-corrected chi connectivity index (χ2v) is 25.1. The molecule has 0 saturated heterocycles. The van der Waals surface area contributed by atoms with Crippen LogP contribution in [0, 0.1) is 11.8 Å². The molecule has 1 saturated carbocycles. The van der Waals surface area contributed by atoms with E-state index in [4.69, 9.17) is 18.7 Å². The van der Waals surface area contributed by atoms with Crippen LogP contribution in [0.3, 0.4) is 0 Å². The lowest BCUT2D eigenvalue weighted by Crippen LogP contribution is -2.45. The van der Waals surface area contributed by atoms with Gasteiger partial charge in [0.2, 0.25) is 0 Å². The molecule has 0 aromatic heterocycles. The molecule has 0 aliphatic heterocycles. The summed E-state index contributed by atoms with van der Waals surface area (Å²) >= 11 is 0. The zero-order chi connectivity index (χ0) is 35.1. The van der Waals surface area contributed by atoms with E-state index in [0.29, 0.717) is 25.7 Å². The highest BCUT2D eigenvalue weighted by molar-refractivity contribution is 6.74. The van der Waals surface area contributed by atoms with Crippen molar-refractivity contribution in [2.24, 2.45) is 11.8 Å². The number of aliphatic hydroxyl groups is 1. The molecule has 0 heterocycles. The van der Waals surface area contributed by atoms with Gasteiger partial charge in [-0.2, -0.15) is 13.2 Å². The van der Waals surface area contributed by atoms with Gasteiger partial charge in [0.25, 0.3) is 0 Å². The van der Waals surface area contributed by atoms with Crippen LogP contribution in [0.25, 0.3) is 0 Å². The third-order valence-electron chi connectivity index (χ3n) is 9.86. The summed E-state index contributed by atoms with van der Waals surface area (Å²) in [4.78, 5) is 10.9. The second-order valence-electron chi connectivity index (χ2n) is 15.6. The molecule has 1 aromatic carbocycles. The molecule has 0 radical (unpaired) electrons. The number of halogens is 3. The Morgan fingerprint density at radius 2 is 1.65 bits per heavy atom. The predicted molar refractivity (Wildman–Crippen MR) is 183 cm³/mol. The molecule has 1 fully saturated rings. The highest BCUT2D eigenvalue weighted by atomic mass is 28.4. The fourth-order valence-corrected chi connectivity index (χ4v) is 7.60. The Morgan fingerprint density at radius 3 is 2.22 bits per heavy atom. The minimum absolute atomic E-state index is 0.0267. The van der Waals surface area contributed by atoms with Gasteiger partial charge in [0.05, 0.1) is 23.9 Å². The molecule has 1 aromatic rings. The molecule has 0 spiro atoms. The van der Waals surface area contributed by atoms with E-state index in [-0.39, 0.29) is 46.8 Å². The van der Waals surface area contributed by atoms with E-state index in [0.717, 1.165) is 12.1 Å². The SMILES string of the molecule is CC(C)(C)[Si](C)(C)O[C@H](C=C[C@@H]1[C@@H](CC=CCCCC(=O)O)[C@@H](O)C[C@H]1O[Si](C)(C)C(C)(C)C)COc1cccc(C(F)(F)F)c1. The van der Waals surface area contributed by atoms with Gasteiger partial charge >= 0.3 is 12.1 Å². The number of carboxylic acids is 1. The lowest BCUT2D eigenvalue weighted by atomic mass is 9.89. The van der Waals surface area contributed by atoms with Crippen LogP contribution in [0.4, 0.5) is 13.2 Å². The summed E-state index contributed by atoms with van der Waals surface area (Å²) < 4.78 is 59.6. The third-order valence-corrected chi connectivity index (χ3v) is 18.9. The van der Waals surface area contributed by atoms with E-state index in [1.54, 1.807) is 0 Å². The zero-order valence-corrected chi connectivity index (χ0v) is 31.4. The van der Waals surface area contributed by atoms with E-state index in [1.165, 1.54) is 12.1 Å². The van der Waals surface area contributed by atoms with Crippen molar-refractivity contribution in [3.05, 3.63) is 54.1 Å². The van der Waals surface area contributed by atoms with Crippen molar-refractivity contribution in [1.82, 2.24) is 0 Å². The first-order chi connectivity index (χ1) is 20.9. The monoisotopic (exact) mass is 686 g/mol. The van der Waals surface area contributed by atoms with Crippen molar-refractivity contribution in [3.8, 4) is 5.75 Å². The highest BCUT2D eigenvalue weighted by Gasteiger charge is 2.47. The first kappa shape index (κ1) is 40.2. The number of hydrogen-bond acceptors (Lipinski definition) is 5. The highest BCUT2D eigenvalue weighted by Crippen LogP contribution is 2.44. The van der Waals surface area contributed by atoms with Gasteiger partial charge in [0.1, 0.15) is 12.4 Å². The van der Waals surface area contributed by atoms with Crippen LogP contribution in [0.15, 0.2) is 48.6 Å². The second kappa shape index (κ2) is 16.0. The topological polar surface area (TPSA) is 85.2 Å². The molecule has 0 bridgehead atoms. The van der Waals surface area contributed by atoms with Gasteiger partial charge < -0.3 is 23.8 Å². The molecular weight excluding hydrogens is 630 g/mol. The number of benzene rings is 1. The standard InChI is InChI=1S/C35H57F3O6Si2/c1-33(2,3)45(7,8)43-27(24-42-26-17-15-16-25(22-26)35(36,37)38)20-21-29-28(18-13-11-12-14-19-32(40)41)30(39)23-31(29)44-46(9,10)34(4,5)6/h11,13,15-17,20-22,27-31,39H,12,14,18-19,23-24H2,1-10H3,(H,40,41)/t27-,28-,29-,30+,31-/m1/s1. The van der Waals surface area contributed by atoms with E-state index >= 15 is 0 Å². The van der Waals surface area contributed by atoms with Crippen molar-refractivity contribution < 1.29 is 41.8 Å². The van der Waals surface area contributed by atoms with E-state index in [9.17, 15) is 23.1 Å². The van der Waals surface area contributed by atoms with Gasteiger partial charge in [-0.25, -0.2) is 0 Å². The molecule has 2 rings (SSSR count). The number of aliphatic hydroxyl groups excluding tert-OH is 1. The maximum absolute atomic E-state index is 13.3. The lowest BCUT2D eigenvalue weighted by Gasteiger charge is -2.40. The number of unbranched alkanes of at least 4 members (excludes halogenated alkanes) is 1. The fraction of sp³-hybridized carbons (Fsp3) is 0.686. The average molecular weight is 687 g/mol. The molecule has 262 valence electrons. The lowest BCUT2D eigenvalue weighted by molar-refractivity contribution is -0.138. The van der Waals surface area contributed by atoms with Crippen LogP contribution in [-0.4, -0.2) is 57.7 Å². The molecule has 2 N–H and O–H groups in total. The number of carbonyl (C=O) groups is 1. The molecule has 0 unspecified atom stereocenters. The third kappa shape index (κ3) is 11.9. The fourth-order valence-electron chi connectivity index (χ4n) is 4.98. The van der Waals surface area contributed by atoms with Crippen molar-refractivity contribution in [2.75, 3.05) is 6.61 Å². The van der Waals surface area contributed by atoms with Crippen LogP contribution in [0.5, 0.6) is 5.75 Å². The number of alkyl halides is 3. The van der Waals surface area contributed by atoms with E-state index in [1.807, 2.05) is 18.2 Å². The number of hydrogen-bond donors (Lipinski definition) is 2. The van der Waals surface area contributed by atoms with Crippen LogP contribution in [0.2, 0.25) is 36.3 Å². The maximum atomic E-state index is 13.3. The first-order valence-corrected chi connectivity index (χ1v) is 22.1. The number of allylic oxidation sites excluding steroid dienone is 2. The number of carboxylic acid groups (broad SMARTS) is 1. The Morgan fingerprint density at radius 1 is 1.02 bits per heavy atom. The molecule has 5 atom stereocenters. The van der Waals surface area contributed by atoms with Crippen molar-refractivity contribution in [3.63, 3.8) is 0 Å².